The third-order valence-corrected chi connectivity index (χ3v) is 5.05. The van der Waals surface area contributed by atoms with Gasteiger partial charge in [0, 0.05) is 25.4 Å². The summed E-state index contributed by atoms with van der Waals surface area (Å²) in [5, 5.41) is 8.70. The van der Waals surface area contributed by atoms with E-state index in [1.807, 2.05) is 0 Å². The van der Waals surface area contributed by atoms with Gasteiger partial charge in [-0.3, -0.25) is 4.90 Å². The van der Waals surface area contributed by atoms with Crippen molar-refractivity contribution in [3.8, 4) is 11.8 Å². The van der Waals surface area contributed by atoms with Crippen LogP contribution in [0.5, 0.6) is 5.75 Å². The van der Waals surface area contributed by atoms with Crippen LogP contribution in [-0.2, 0) is 9.84 Å². The molecule has 20 heavy (non-hydrogen) atoms. The van der Waals surface area contributed by atoms with Gasteiger partial charge in [-0.2, -0.15) is 5.26 Å². The quantitative estimate of drug-likeness (QED) is 0.784. The maximum Gasteiger partial charge on any atom is 0.151 e. The highest BCUT2D eigenvalue weighted by molar-refractivity contribution is 7.91. The second-order valence-electron chi connectivity index (χ2n) is 4.87. The van der Waals surface area contributed by atoms with Crippen molar-refractivity contribution in [3.63, 3.8) is 0 Å². The normalized spacial score (nSPS) is 16.4. The first-order valence-electron chi connectivity index (χ1n) is 6.62. The fourth-order valence-electron chi connectivity index (χ4n) is 1.99. The van der Waals surface area contributed by atoms with Crippen molar-refractivity contribution in [2.75, 3.05) is 31.1 Å². The lowest BCUT2D eigenvalue weighted by atomic mass is 10.1. The van der Waals surface area contributed by atoms with Crippen molar-refractivity contribution in [1.29, 1.82) is 5.26 Å². The molecule has 0 unspecified atom stereocenters. The molecule has 1 saturated heterocycles. The summed E-state index contributed by atoms with van der Waals surface area (Å²) in [7, 11) is -2.89. The lowest BCUT2D eigenvalue weighted by molar-refractivity contribution is 0.0243. The molecule has 0 N–H and O–H groups in total. The van der Waals surface area contributed by atoms with Crippen LogP contribution in [0.4, 0.5) is 0 Å². The predicted octanol–water partition coefficient (Wildman–Crippen LogP) is 1.06. The zero-order valence-electron chi connectivity index (χ0n) is 11.4. The lowest BCUT2D eigenvalue weighted by Gasteiger charge is -2.38. The molecule has 0 saturated carbocycles. The van der Waals surface area contributed by atoms with E-state index in [1.54, 1.807) is 31.2 Å². The number of hydrogen-bond donors (Lipinski definition) is 0. The first-order chi connectivity index (χ1) is 9.52. The Morgan fingerprint density at radius 3 is 2.55 bits per heavy atom. The van der Waals surface area contributed by atoms with E-state index in [2.05, 4.69) is 11.0 Å². The molecule has 1 aromatic rings. The Kier molecular flexibility index (Phi) is 4.63. The highest BCUT2D eigenvalue weighted by Crippen LogP contribution is 2.18. The van der Waals surface area contributed by atoms with Gasteiger partial charge in [0.15, 0.2) is 9.84 Å². The van der Waals surface area contributed by atoms with Crippen LogP contribution in [0, 0.1) is 11.3 Å². The lowest BCUT2D eigenvalue weighted by Crippen LogP contribution is -2.54. The van der Waals surface area contributed by atoms with Gasteiger partial charge in [-0.05, 0) is 24.3 Å². The van der Waals surface area contributed by atoms with Crippen molar-refractivity contribution < 1.29 is 13.2 Å². The van der Waals surface area contributed by atoms with E-state index < -0.39 is 9.84 Å². The number of benzene rings is 1. The van der Waals surface area contributed by atoms with Gasteiger partial charge >= 0.3 is 0 Å². The molecule has 0 radical (unpaired) electrons. The van der Waals surface area contributed by atoms with Gasteiger partial charge < -0.3 is 4.74 Å². The van der Waals surface area contributed by atoms with Gasteiger partial charge in [-0.25, -0.2) is 8.42 Å². The van der Waals surface area contributed by atoms with Crippen LogP contribution < -0.4 is 4.74 Å². The molecule has 0 amide bonds. The third-order valence-electron chi connectivity index (χ3n) is 3.37. The van der Waals surface area contributed by atoms with Crippen molar-refractivity contribution in [3.05, 3.63) is 29.8 Å². The molecule has 0 aromatic heterocycles. The SMILES string of the molecule is CCS(=O)(=O)CCN1CC(Oc2ccc(C#N)cc2)C1. The molecule has 1 heterocycles. The van der Waals surface area contributed by atoms with Gasteiger partial charge in [0.2, 0.25) is 0 Å². The minimum atomic E-state index is -2.89. The summed E-state index contributed by atoms with van der Waals surface area (Å²) in [5.74, 6) is 1.16. The van der Waals surface area contributed by atoms with Crippen LogP contribution >= 0.6 is 0 Å². The van der Waals surface area contributed by atoms with E-state index in [9.17, 15) is 8.42 Å². The Bertz CT molecular complexity index is 584. The van der Waals surface area contributed by atoms with E-state index in [-0.39, 0.29) is 17.6 Å². The first-order valence-corrected chi connectivity index (χ1v) is 8.44. The molecule has 5 nitrogen and oxygen atoms in total. The minimum Gasteiger partial charge on any atom is -0.488 e. The summed E-state index contributed by atoms with van der Waals surface area (Å²) in [6.07, 6.45) is 0.104. The molecule has 0 bridgehead atoms. The highest BCUT2D eigenvalue weighted by Gasteiger charge is 2.28. The maximum atomic E-state index is 11.4. The molecule has 0 aliphatic carbocycles. The van der Waals surface area contributed by atoms with Gasteiger partial charge in [0.1, 0.15) is 11.9 Å². The van der Waals surface area contributed by atoms with E-state index >= 15 is 0 Å². The Balaban J connectivity index is 1.72. The van der Waals surface area contributed by atoms with Gasteiger partial charge in [0.25, 0.3) is 0 Å². The monoisotopic (exact) mass is 294 g/mol. The Labute approximate surface area is 119 Å². The first kappa shape index (κ1) is 14.8. The van der Waals surface area contributed by atoms with Gasteiger partial charge in [0.05, 0.1) is 17.4 Å². The maximum absolute atomic E-state index is 11.4. The summed E-state index contributed by atoms with van der Waals surface area (Å²) in [6.45, 7) is 3.74. The largest absolute Gasteiger partial charge is 0.488 e. The minimum absolute atomic E-state index is 0.104. The summed E-state index contributed by atoms with van der Waals surface area (Å²) >= 11 is 0. The molecule has 1 aliphatic heterocycles. The summed E-state index contributed by atoms with van der Waals surface area (Å²) in [5.41, 5.74) is 0.609. The highest BCUT2D eigenvalue weighted by atomic mass is 32.2. The molecule has 1 aliphatic rings. The average Bonchev–Trinajstić information content (AvgIpc) is 2.42. The molecule has 1 fully saturated rings. The number of ether oxygens (including phenoxy) is 1. The van der Waals surface area contributed by atoms with Crippen LogP contribution in [0.15, 0.2) is 24.3 Å². The smallest absolute Gasteiger partial charge is 0.151 e. The fraction of sp³-hybridized carbons (Fsp3) is 0.500. The van der Waals surface area contributed by atoms with Crippen LogP contribution in [0.25, 0.3) is 0 Å². The van der Waals surface area contributed by atoms with Crippen LogP contribution in [0.3, 0.4) is 0 Å². The molecular formula is C14H18N2O3S. The molecule has 2 rings (SSSR count). The third kappa shape index (κ3) is 3.95. The summed E-state index contributed by atoms with van der Waals surface area (Å²) in [6, 6.07) is 9.06. The van der Waals surface area contributed by atoms with Crippen molar-refractivity contribution in [1.82, 2.24) is 4.90 Å². The number of sulfone groups is 1. The number of nitriles is 1. The van der Waals surface area contributed by atoms with Crippen LogP contribution in [-0.4, -0.2) is 50.6 Å². The van der Waals surface area contributed by atoms with E-state index in [0.29, 0.717) is 12.1 Å². The van der Waals surface area contributed by atoms with Gasteiger partial charge in [-0.1, -0.05) is 6.92 Å². The zero-order chi connectivity index (χ0) is 14.6. The Hall–Kier alpha value is -1.58. The Morgan fingerprint density at radius 2 is 2.00 bits per heavy atom. The predicted molar refractivity (Wildman–Crippen MR) is 76.3 cm³/mol. The summed E-state index contributed by atoms with van der Waals surface area (Å²) < 4.78 is 28.5. The second kappa shape index (κ2) is 6.25. The van der Waals surface area contributed by atoms with E-state index in [4.69, 9.17) is 10.00 Å². The number of likely N-dealkylation sites (tertiary alicyclic amines) is 1. The van der Waals surface area contributed by atoms with Crippen LogP contribution in [0.1, 0.15) is 12.5 Å². The number of rotatable bonds is 6. The van der Waals surface area contributed by atoms with E-state index in [0.717, 1.165) is 18.8 Å². The molecule has 6 heteroatoms. The Morgan fingerprint density at radius 1 is 1.35 bits per heavy atom. The van der Waals surface area contributed by atoms with Crippen molar-refractivity contribution in [2.45, 2.75) is 13.0 Å². The number of hydrogen-bond acceptors (Lipinski definition) is 5. The topological polar surface area (TPSA) is 70.4 Å². The molecule has 1 aromatic carbocycles. The van der Waals surface area contributed by atoms with Gasteiger partial charge in [-0.15, -0.1) is 0 Å². The molecule has 0 atom stereocenters. The molecule has 0 spiro atoms. The van der Waals surface area contributed by atoms with E-state index in [1.165, 1.54) is 0 Å². The standard InChI is InChI=1S/C14H18N2O3S/c1-2-20(17,18)8-7-16-10-14(11-16)19-13-5-3-12(9-15)4-6-13/h3-6,14H,2,7-8,10-11H2,1H3. The van der Waals surface area contributed by atoms with Crippen molar-refractivity contribution >= 4 is 9.84 Å². The number of nitrogens with zero attached hydrogens (tertiary/aromatic N) is 2. The van der Waals surface area contributed by atoms with Crippen molar-refractivity contribution in [2.24, 2.45) is 0 Å². The molecular weight excluding hydrogens is 276 g/mol. The summed E-state index contributed by atoms with van der Waals surface area (Å²) in [4.78, 5) is 2.07. The zero-order valence-corrected chi connectivity index (χ0v) is 12.3. The second-order valence-corrected chi connectivity index (χ2v) is 7.34. The molecule has 108 valence electrons. The van der Waals surface area contributed by atoms with Crippen LogP contribution in [0.2, 0.25) is 0 Å². The fourth-order valence-corrected chi connectivity index (χ4v) is 2.82. The average molecular weight is 294 g/mol.